The molecule has 55 heavy (non-hydrogen) atoms. The molecule has 4 unspecified atom stereocenters. The average molecular weight is 745 g/mol. The van der Waals surface area contributed by atoms with Crippen molar-refractivity contribution < 1.29 is 32.6 Å². The van der Waals surface area contributed by atoms with E-state index in [-0.39, 0.29) is 75.2 Å². The maximum atomic E-state index is 17.1. The number of alkyl halides is 1. The topological polar surface area (TPSA) is 131 Å². The SMILES string of the molecule is C#Cc1c(F)ccc2cc(O)cc(-c3ncc4c(N5CC6CCC(C5)N6C(=O)C(=[N+]=[N-])c5ccccc5)nc(OCC56CCCN5CC(F)C6)nc4c3F)c12. The van der Waals surface area contributed by atoms with Gasteiger partial charge in [0.25, 0.3) is 0 Å². The first kappa shape index (κ1) is 34.7. The molecule has 2 bridgehead atoms. The molecule has 3 aromatic carbocycles. The Morgan fingerprint density at radius 2 is 1.87 bits per heavy atom. The maximum Gasteiger partial charge on any atom is 0.386 e. The van der Waals surface area contributed by atoms with Gasteiger partial charge in [0.15, 0.2) is 5.82 Å². The van der Waals surface area contributed by atoms with Crippen molar-refractivity contribution >= 4 is 39.1 Å². The summed E-state index contributed by atoms with van der Waals surface area (Å²) >= 11 is 0. The molecule has 9 rings (SSSR count). The van der Waals surface area contributed by atoms with E-state index in [1.165, 1.54) is 30.5 Å². The quantitative estimate of drug-likeness (QED) is 0.0978. The van der Waals surface area contributed by atoms with Crippen LogP contribution in [-0.4, -0.2) is 103 Å². The van der Waals surface area contributed by atoms with Crippen molar-refractivity contribution in [3.05, 3.63) is 89.1 Å². The van der Waals surface area contributed by atoms with Gasteiger partial charge in [0.2, 0.25) is 0 Å². The number of aromatic nitrogens is 3. The summed E-state index contributed by atoms with van der Waals surface area (Å²) in [6.07, 6.45) is 9.50. The third-order valence-electron chi connectivity index (χ3n) is 11.7. The molecule has 4 aliphatic rings. The summed E-state index contributed by atoms with van der Waals surface area (Å²) in [5.74, 6) is 0.568. The Balaban J connectivity index is 1.13. The largest absolute Gasteiger partial charge is 0.508 e. The summed E-state index contributed by atoms with van der Waals surface area (Å²) in [6, 6.07) is 13.4. The lowest BCUT2D eigenvalue weighted by Crippen LogP contribution is -2.57. The number of phenolic OH excluding ortho intramolecular Hbond substituents is 1. The third-order valence-corrected chi connectivity index (χ3v) is 11.7. The van der Waals surface area contributed by atoms with E-state index in [0.29, 0.717) is 55.7 Å². The van der Waals surface area contributed by atoms with Gasteiger partial charge in [-0.1, -0.05) is 30.2 Å². The van der Waals surface area contributed by atoms with E-state index in [2.05, 4.69) is 25.6 Å². The van der Waals surface area contributed by atoms with Crippen LogP contribution in [0.1, 0.15) is 43.2 Å². The number of anilines is 1. The molecule has 278 valence electrons. The summed E-state index contributed by atoms with van der Waals surface area (Å²) < 4.78 is 53.0. The molecule has 4 fully saturated rings. The normalized spacial score (nSPS) is 23.2. The predicted molar refractivity (Wildman–Crippen MR) is 198 cm³/mol. The standard InChI is InChI=1S/C41H35F3N8O3/c1-2-29-32(43)12-9-24-15-28(53)16-30(33(24)29)36-34(44)37-31(18-46-36)38(48-40(47-37)55-22-41-13-6-14-51(41)19-25(42)17-41)50-20-26-10-11-27(21-50)52(26)39(54)35(49-45)23-7-4-3-5-8-23/h1,3-5,7-9,12,15-16,18,25-27,53H,6,10-11,13-14,17,19-22H2. The molecule has 4 atom stereocenters. The van der Waals surface area contributed by atoms with Crippen LogP contribution in [0.15, 0.2) is 60.8 Å². The molecule has 6 heterocycles. The molecule has 4 saturated heterocycles. The molecule has 0 saturated carbocycles. The van der Waals surface area contributed by atoms with E-state index in [0.717, 1.165) is 19.4 Å². The number of carbonyl (C=O) groups excluding carboxylic acids is 1. The van der Waals surface area contributed by atoms with Gasteiger partial charge in [-0.15, -0.1) is 6.42 Å². The number of nitrogens with zero attached hydrogens (tertiary/aromatic N) is 8. The van der Waals surface area contributed by atoms with Crippen LogP contribution in [-0.2, 0) is 4.79 Å². The van der Waals surface area contributed by atoms with Crippen LogP contribution in [0.4, 0.5) is 19.0 Å². The first-order valence-electron chi connectivity index (χ1n) is 18.3. The molecule has 4 aliphatic heterocycles. The number of terminal acetylenes is 1. The molecule has 11 nitrogen and oxygen atoms in total. The number of hydrogen-bond donors (Lipinski definition) is 1. The van der Waals surface area contributed by atoms with Crippen molar-refractivity contribution in [3.63, 3.8) is 0 Å². The van der Waals surface area contributed by atoms with Crippen molar-refractivity contribution in [1.29, 1.82) is 0 Å². The zero-order valence-electron chi connectivity index (χ0n) is 29.6. The number of ether oxygens (including phenoxy) is 1. The first-order valence-corrected chi connectivity index (χ1v) is 18.3. The molecule has 1 amide bonds. The highest BCUT2D eigenvalue weighted by Gasteiger charge is 2.50. The number of fused-ring (bicyclic) bond motifs is 5. The van der Waals surface area contributed by atoms with Crippen molar-refractivity contribution in [2.24, 2.45) is 0 Å². The molecular formula is C41H35F3N8O3. The monoisotopic (exact) mass is 744 g/mol. The number of benzene rings is 3. The molecule has 5 aromatic rings. The van der Waals surface area contributed by atoms with E-state index in [1.54, 1.807) is 29.2 Å². The predicted octanol–water partition coefficient (Wildman–Crippen LogP) is 5.66. The van der Waals surface area contributed by atoms with Gasteiger partial charge >= 0.3 is 17.6 Å². The number of halogens is 3. The highest BCUT2D eigenvalue weighted by atomic mass is 19.1. The van der Waals surface area contributed by atoms with Gasteiger partial charge in [-0.2, -0.15) is 14.8 Å². The number of amides is 1. The highest BCUT2D eigenvalue weighted by Crippen LogP contribution is 2.42. The van der Waals surface area contributed by atoms with E-state index < -0.39 is 23.3 Å². The average Bonchev–Trinajstić information content (AvgIpc) is 3.80. The lowest BCUT2D eigenvalue weighted by atomic mass is 9.95. The van der Waals surface area contributed by atoms with E-state index in [4.69, 9.17) is 16.1 Å². The number of piperazine rings is 1. The van der Waals surface area contributed by atoms with E-state index in [9.17, 15) is 24.2 Å². The molecule has 0 radical (unpaired) electrons. The molecule has 0 spiro atoms. The fourth-order valence-electron chi connectivity index (χ4n) is 9.27. The minimum absolute atomic E-state index is 0.0527. The lowest BCUT2D eigenvalue weighted by molar-refractivity contribution is -0.131. The van der Waals surface area contributed by atoms with Crippen molar-refractivity contribution in [1.82, 2.24) is 24.8 Å². The van der Waals surface area contributed by atoms with Crippen LogP contribution in [0.5, 0.6) is 11.8 Å². The fourth-order valence-corrected chi connectivity index (χ4v) is 9.27. The third kappa shape index (κ3) is 5.73. The summed E-state index contributed by atoms with van der Waals surface area (Å²) in [6.45, 7) is 1.85. The Morgan fingerprint density at radius 3 is 2.62 bits per heavy atom. The van der Waals surface area contributed by atoms with Crippen LogP contribution < -0.4 is 9.64 Å². The number of aromatic hydroxyl groups is 1. The van der Waals surface area contributed by atoms with Gasteiger partial charge in [-0.3, -0.25) is 14.7 Å². The van der Waals surface area contributed by atoms with E-state index in [1.807, 2.05) is 11.0 Å². The number of carbonyl (C=O) groups is 1. The van der Waals surface area contributed by atoms with Crippen LogP contribution in [0, 0.1) is 24.0 Å². The number of phenols is 1. The van der Waals surface area contributed by atoms with Crippen LogP contribution in [0.25, 0.3) is 38.5 Å². The van der Waals surface area contributed by atoms with Crippen LogP contribution in [0.3, 0.4) is 0 Å². The lowest BCUT2D eigenvalue weighted by Gasteiger charge is -2.41. The maximum absolute atomic E-state index is 17.1. The summed E-state index contributed by atoms with van der Waals surface area (Å²) in [4.78, 5) is 36.9. The smallest absolute Gasteiger partial charge is 0.386 e. The van der Waals surface area contributed by atoms with Crippen molar-refractivity contribution in [2.45, 2.75) is 55.9 Å². The molecule has 0 aliphatic carbocycles. The number of hydrogen-bond acceptors (Lipinski definition) is 8. The first-order chi connectivity index (χ1) is 26.7. The van der Waals surface area contributed by atoms with Gasteiger partial charge in [-0.25, -0.2) is 13.2 Å². The number of pyridine rings is 1. The molecular weight excluding hydrogens is 709 g/mol. The fraction of sp³-hybridized carbons (Fsp3) is 0.341. The Kier molecular flexibility index (Phi) is 8.44. The minimum atomic E-state index is -0.981. The molecule has 1 N–H and O–H groups in total. The van der Waals surface area contributed by atoms with Crippen molar-refractivity contribution in [3.8, 4) is 35.4 Å². The van der Waals surface area contributed by atoms with Crippen LogP contribution >= 0.6 is 0 Å². The molecule has 14 heteroatoms. The zero-order chi connectivity index (χ0) is 38.0. The Bertz CT molecular complexity index is 2480. The second-order valence-corrected chi connectivity index (χ2v) is 14.9. The Morgan fingerprint density at radius 1 is 1.09 bits per heavy atom. The zero-order valence-corrected chi connectivity index (χ0v) is 29.6. The Hall–Kier alpha value is -6.03. The second kappa shape index (κ2) is 13.4. The van der Waals surface area contributed by atoms with Gasteiger partial charge in [0, 0.05) is 43.2 Å². The summed E-state index contributed by atoms with van der Waals surface area (Å²) in [5, 5.41) is 11.5. The van der Waals surface area contributed by atoms with Gasteiger partial charge < -0.3 is 25.2 Å². The summed E-state index contributed by atoms with van der Waals surface area (Å²) in [7, 11) is 0. The number of rotatable bonds is 7. The Labute approximate surface area is 314 Å². The summed E-state index contributed by atoms with van der Waals surface area (Å²) in [5.41, 5.74) is 9.45. The van der Waals surface area contributed by atoms with Gasteiger partial charge in [0.1, 0.15) is 41.4 Å². The van der Waals surface area contributed by atoms with E-state index >= 15 is 4.39 Å². The van der Waals surface area contributed by atoms with Crippen molar-refractivity contribution in [2.75, 3.05) is 37.7 Å². The molecule has 2 aromatic heterocycles. The minimum Gasteiger partial charge on any atom is -0.508 e. The van der Waals surface area contributed by atoms with Gasteiger partial charge in [0.05, 0.1) is 34.1 Å². The second-order valence-electron chi connectivity index (χ2n) is 14.9. The van der Waals surface area contributed by atoms with Crippen LogP contribution in [0.2, 0.25) is 0 Å². The van der Waals surface area contributed by atoms with Gasteiger partial charge in [-0.05, 0) is 67.9 Å². The highest BCUT2D eigenvalue weighted by molar-refractivity contribution is 6.43.